The fraction of sp³-hybridized carbons (Fsp3) is 0.571. The minimum Gasteiger partial charge on any atom is -0.384 e. The van der Waals surface area contributed by atoms with Crippen molar-refractivity contribution in [3.8, 4) is 0 Å². The number of amides is 1. The topological polar surface area (TPSA) is 62.5 Å². The molecule has 1 saturated heterocycles. The van der Waals surface area contributed by atoms with E-state index >= 15 is 0 Å². The quantitative estimate of drug-likeness (QED) is 0.889. The second-order valence-electron chi connectivity index (χ2n) is 5.06. The Kier molecular flexibility index (Phi) is 4.37. The first kappa shape index (κ1) is 13.8. The molecule has 2 heterocycles. The number of anilines is 1. The number of nitrogens with zero attached hydrogens (tertiary/aromatic N) is 3. The zero-order chi connectivity index (χ0) is 13.8. The number of pyridine rings is 1. The molecular weight excluding hydrogens is 240 g/mol. The average Bonchev–Trinajstić information content (AvgIpc) is 2.46. The Morgan fingerprint density at radius 3 is 2.58 bits per heavy atom. The van der Waals surface area contributed by atoms with Crippen LogP contribution in [0.3, 0.4) is 0 Å². The minimum atomic E-state index is 0.0521. The van der Waals surface area contributed by atoms with Crippen molar-refractivity contribution >= 4 is 11.7 Å². The number of rotatable bonds is 3. The van der Waals surface area contributed by atoms with Crippen LogP contribution in [0.25, 0.3) is 0 Å². The van der Waals surface area contributed by atoms with Crippen LogP contribution in [0.5, 0.6) is 0 Å². The van der Waals surface area contributed by atoms with Gasteiger partial charge in [0.25, 0.3) is 5.91 Å². The first-order valence-corrected chi connectivity index (χ1v) is 6.86. The van der Waals surface area contributed by atoms with E-state index in [1.54, 1.807) is 18.3 Å². The number of carbonyl (C=O) groups is 1. The molecule has 0 saturated carbocycles. The van der Waals surface area contributed by atoms with Crippen molar-refractivity contribution < 1.29 is 4.79 Å². The summed E-state index contributed by atoms with van der Waals surface area (Å²) in [6, 6.07) is 4.00. The largest absolute Gasteiger partial charge is 0.384 e. The van der Waals surface area contributed by atoms with E-state index in [4.69, 9.17) is 5.73 Å². The van der Waals surface area contributed by atoms with Crippen LogP contribution in [0.1, 0.15) is 30.6 Å². The molecule has 0 radical (unpaired) electrons. The normalized spacial score (nSPS) is 18.3. The summed E-state index contributed by atoms with van der Waals surface area (Å²) in [7, 11) is 0. The third-order valence-corrected chi connectivity index (χ3v) is 3.85. The zero-order valence-corrected chi connectivity index (χ0v) is 11.7. The molecule has 0 aliphatic carbocycles. The number of piperazine rings is 1. The molecule has 1 amide bonds. The summed E-state index contributed by atoms with van der Waals surface area (Å²) < 4.78 is 0. The van der Waals surface area contributed by atoms with Crippen molar-refractivity contribution in [1.82, 2.24) is 14.8 Å². The third-order valence-electron chi connectivity index (χ3n) is 3.85. The van der Waals surface area contributed by atoms with Crippen LogP contribution < -0.4 is 5.73 Å². The molecule has 0 bridgehead atoms. The summed E-state index contributed by atoms with van der Waals surface area (Å²) in [4.78, 5) is 20.6. The van der Waals surface area contributed by atoms with Crippen molar-refractivity contribution in [3.05, 3.63) is 23.9 Å². The molecule has 19 heavy (non-hydrogen) atoms. The van der Waals surface area contributed by atoms with Gasteiger partial charge in [0.2, 0.25) is 0 Å². The lowest BCUT2D eigenvalue weighted by Crippen LogP contribution is -2.51. The molecule has 5 heteroatoms. The van der Waals surface area contributed by atoms with E-state index in [1.165, 1.54) is 0 Å². The molecule has 0 spiro atoms. The SMILES string of the molecule is CCC(C)N1CCN(C(=O)c2ccc(N)nc2)CC1. The Morgan fingerprint density at radius 1 is 1.37 bits per heavy atom. The Bertz CT molecular complexity index is 424. The van der Waals surface area contributed by atoms with Crippen LogP contribution in [0.4, 0.5) is 5.82 Å². The van der Waals surface area contributed by atoms with Gasteiger partial charge in [-0.25, -0.2) is 4.98 Å². The average molecular weight is 262 g/mol. The summed E-state index contributed by atoms with van der Waals surface area (Å²) in [6.45, 7) is 7.90. The fourth-order valence-electron chi connectivity index (χ4n) is 2.34. The summed E-state index contributed by atoms with van der Waals surface area (Å²) in [5, 5.41) is 0. The maximum absolute atomic E-state index is 12.3. The molecule has 2 rings (SSSR count). The Hall–Kier alpha value is -1.62. The predicted octanol–water partition coefficient (Wildman–Crippen LogP) is 1.22. The second kappa shape index (κ2) is 6.02. The van der Waals surface area contributed by atoms with Crippen molar-refractivity contribution in [3.63, 3.8) is 0 Å². The van der Waals surface area contributed by atoms with Gasteiger partial charge in [0.15, 0.2) is 0 Å². The highest BCUT2D eigenvalue weighted by molar-refractivity contribution is 5.94. The van der Waals surface area contributed by atoms with Gasteiger partial charge >= 0.3 is 0 Å². The van der Waals surface area contributed by atoms with Crippen molar-refractivity contribution in [1.29, 1.82) is 0 Å². The van der Waals surface area contributed by atoms with Gasteiger partial charge in [-0.15, -0.1) is 0 Å². The maximum Gasteiger partial charge on any atom is 0.255 e. The van der Waals surface area contributed by atoms with Gasteiger partial charge in [-0.2, -0.15) is 0 Å². The predicted molar refractivity (Wildman–Crippen MR) is 75.9 cm³/mol. The maximum atomic E-state index is 12.3. The molecule has 1 aromatic heterocycles. The number of nitrogen functional groups attached to an aromatic ring is 1. The molecule has 1 fully saturated rings. The molecule has 104 valence electrons. The van der Waals surface area contributed by atoms with Crippen LogP contribution >= 0.6 is 0 Å². The lowest BCUT2D eigenvalue weighted by Gasteiger charge is -2.37. The Morgan fingerprint density at radius 2 is 2.05 bits per heavy atom. The number of hydrogen-bond acceptors (Lipinski definition) is 4. The highest BCUT2D eigenvalue weighted by atomic mass is 16.2. The number of hydrogen-bond donors (Lipinski definition) is 1. The summed E-state index contributed by atoms with van der Waals surface area (Å²) in [5.41, 5.74) is 6.15. The molecule has 1 unspecified atom stereocenters. The Balaban J connectivity index is 1.94. The molecule has 1 aliphatic heterocycles. The van der Waals surface area contributed by atoms with E-state index < -0.39 is 0 Å². The van der Waals surface area contributed by atoms with E-state index in [9.17, 15) is 4.79 Å². The smallest absolute Gasteiger partial charge is 0.255 e. The monoisotopic (exact) mass is 262 g/mol. The molecule has 1 atom stereocenters. The number of aromatic nitrogens is 1. The molecule has 2 N–H and O–H groups in total. The van der Waals surface area contributed by atoms with Gasteiger partial charge in [-0.1, -0.05) is 6.92 Å². The standard InChI is InChI=1S/C14H22N4O/c1-3-11(2)17-6-8-18(9-7-17)14(19)12-4-5-13(15)16-10-12/h4-5,10-11H,3,6-9H2,1-2H3,(H2,15,16). The van der Waals surface area contributed by atoms with Crippen LogP contribution in [-0.2, 0) is 0 Å². The van der Waals surface area contributed by atoms with Crippen molar-refractivity contribution in [2.75, 3.05) is 31.9 Å². The van der Waals surface area contributed by atoms with E-state index in [0.717, 1.165) is 32.6 Å². The van der Waals surface area contributed by atoms with E-state index in [0.29, 0.717) is 17.4 Å². The molecule has 0 aromatic carbocycles. The summed E-state index contributed by atoms with van der Waals surface area (Å²) in [5.74, 6) is 0.495. The summed E-state index contributed by atoms with van der Waals surface area (Å²) in [6.07, 6.45) is 2.70. The lowest BCUT2D eigenvalue weighted by atomic mass is 10.1. The van der Waals surface area contributed by atoms with Gasteiger partial charge in [0, 0.05) is 38.4 Å². The van der Waals surface area contributed by atoms with Crippen LogP contribution in [0, 0.1) is 0 Å². The van der Waals surface area contributed by atoms with Gasteiger partial charge in [-0.3, -0.25) is 9.69 Å². The van der Waals surface area contributed by atoms with Crippen LogP contribution in [-0.4, -0.2) is 52.9 Å². The van der Waals surface area contributed by atoms with Crippen molar-refractivity contribution in [2.45, 2.75) is 26.3 Å². The van der Waals surface area contributed by atoms with Gasteiger partial charge in [0.05, 0.1) is 5.56 Å². The lowest BCUT2D eigenvalue weighted by molar-refractivity contribution is 0.0579. The molecule has 1 aromatic rings. The first-order valence-electron chi connectivity index (χ1n) is 6.86. The van der Waals surface area contributed by atoms with Crippen molar-refractivity contribution in [2.24, 2.45) is 0 Å². The minimum absolute atomic E-state index is 0.0521. The Labute approximate surface area is 114 Å². The van der Waals surface area contributed by atoms with Crippen LogP contribution in [0.2, 0.25) is 0 Å². The molecule has 5 nitrogen and oxygen atoms in total. The number of carbonyl (C=O) groups excluding carboxylic acids is 1. The molecule has 1 aliphatic rings. The number of nitrogens with two attached hydrogens (primary N) is 1. The highest BCUT2D eigenvalue weighted by Gasteiger charge is 2.24. The highest BCUT2D eigenvalue weighted by Crippen LogP contribution is 2.12. The third kappa shape index (κ3) is 3.23. The van der Waals surface area contributed by atoms with E-state index in [1.807, 2.05) is 4.90 Å². The van der Waals surface area contributed by atoms with Gasteiger partial charge < -0.3 is 10.6 Å². The van der Waals surface area contributed by atoms with E-state index in [-0.39, 0.29) is 5.91 Å². The first-order chi connectivity index (χ1) is 9.11. The van der Waals surface area contributed by atoms with Gasteiger partial charge in [-0.05, 0) is 25.5 Å². The van der Waals surface area contributed by atoms with E-state index in [2.05, 4.69) is 23.7 Å². The van der Waals surface area contributed by atoms with Crippen LogP contribution in [0.15, 0.2) is 18.3 Å². The van der Waals surface area contributed by atoms with Gasteiger partial charge in [0.1, 0.15) is 5.82 Å². The second-order valence-corrected chi connectivity index (χ2v) is 5.06. The fourth-order valence-corrected chi connectivity index (χ4v) is 2.34. The summed E-state index contributed by atoms with van der Waals surface area (Å²) >= 11 is 0. The zero-order valence-electron chi connectivity index (χ0n) is 11.7. The molecular formula is C14H22N4O.